The molecule has 0 spiro atoms. The molecule has 1 fully saturated rings. The largest absolute Gasteiger partial charge is 0.497 e. The number of hydrogen-bond acceptors (Lipinski definition) is 5. The zero-order valence-corrected chi connectivity index (χ0v) is 17.2. The number of sulfone groups is 1. The Morgan fingerprint density at radius 2 is 1.90 bits per heavy atom. The van der Waals surface area contributed by atoms with Crippen molar-refractivity contribution in [1.29, 1.82) is 0 Å². The number of aromatic nitrogens is 1. The zero-order chi connectivity index (χ0) is 20.6. The van der Waals surface area contributed by atoms with Crippen molar-refractivity contribution in [3.05, 3.63) is 54.5 Å². The highest BCUT2D eigenvalue weighted by atomic mass is 32.2. The van der Waals surface area contributed by atoms with Gasteiger partial charge in [-0.05, 0) is 55.2 Å². The molecule has 0 saturated carbocycles. The van der Waals surface area contributed by atoms with E-state index >= 15 is 0 Å². The number of anilines is 1. The quantitative estimate of drug-likeness (QED) is 0.631. The fourth-order valence-electron chi connectivity index (χ4n) is 3.78. The lowest BCUT2D eigenvalue weighted by molar-refractivity contribution is 0.415. The minimum atomic E-state index is -3.95. The minimum absolute atomic E-state index is 0.0758. The molecule has 0 aliphatic carbocycles. The molecule has 0 radical (unpaired) electrons. The number of piperidine rings is 1. The smallest absolute Gasteiger partial charge is 0.210 e. The Hall–Kier alpha value is -2.67. The molecule has 4 rings (SSSR count). The van der Waals surface area contributed by atoms with Gasteiger partial charge in [-0.25, -0.2) is 12.8 Å². The molecule has 152 valence electrons. The van der Waals surface area contributed by atoms with Gasteiger partial charge in [0.25, 0.3) is 0 Å². The number of rotatable bonds is 4. The number of fused-ring (bicyclic) bond motifs is 1. The minimum Gasteiger partial charge on any atom is -0.497 e. The predicted molar refractivity (Wildman–Crippen MR) is 111 cm³/mol. The van der Waals surface area contributed by atoms with Crippen molar-refractivity contribution in [1.82, 2.24) is 4.98 Å². The second-order valence-corrected chi connectivity index (χ2v) is 9.40. The maximum Gasteiger partial charge on any atom is 0.210 e. The van der Waals surface area contributed by atoms with Crippen molar-refractivity contribution in [2.45, 2.75) is 29.6 Å². The van der Waals surface area contributed by atoms with E-state index in [1.165, 1.54) is 24.4 Å². The van der Waals surface area contributed by atoms with Crippen LogP contribution >= 0.6 is 0 Å². The highest BCUT2D eigenvalue weighted by molar-refractivity contribution is 7.91. The van der Waals surface area contributed by atoms with Gasteiger partial charge in [-0.15, -0.1) is 0 Å². The summed E-state index contributed by atoms with van der Waals surface area (Å²) in [5, 5.41) is 0.719. The highest BCUT2D eigenvalue weighted by Crippen LogP contribution is 2.38. The standard InChI is InChI=1S/C22H23FN2O3S/c1-15-8-10-25(11-9-15)22-19-13-17(28-2)6-7-20(19)24-14-21(22)29(26,27)18-5-3-4-16(23)12-18/h3-7,12-15H,8-11H2,1-2H3. The first kappa shape index (κ1) is 19.6. The van der Waals surface area contributed by atoms with E-state index in [0.717, 1.165) is 37.4 Å². The Bertz CT molecular complexity index is 1160. The predicted octanol–water partition coefficient (Wildman–Crippen LogP) is 4.45. The van der Waals surface area contributed by atoms with Crippen LogP contribution < -0.4 is 9.64 Å². The molecule has 0 atom stereocenters. The maximum atomic E-state index is 13.8. The third-order valence-electron chi connectivity index (χ3n) is 5.51. The van der Waals surface area contributed by atoms with Crippen LogP contribution in [0.4, 0.5) is 10.1 Å². The fourth-order valence-corrected chi connectivity index (χ4v) is 5.25. The van der Waals surface area contributed by atoms with Gasteiger partial charge >= 0.3 is 0 Å². The molecule has 3 aromatic rings. The summed E-state index contributed by atoms with van der Waals surface area (Å²) < 4.78 is 46.0. The van der Waals surface area contributed by atoms with Crippen LogP contribution in [0.2, 0.25) is 0 Å². The molecule has 1 aliphatic heterocycles. The van der Waals surface area contributed by atoms with Gasteiger partial charge < -0.3 is 9.64 Å². The molecular weight excluding hydrogens is 391 g/mol. The maximum absolute atomic E-state index is 13.8. The Morgan fingerprint density at radius 1 is 1.14 bits per heavy atom. The summed E-state index contributed by atoms with van der Waals surface area (Å²) in [6.07, 6.45) is 3.35. The monoisotopic (exact) mass is 414 g/mol. The number of hydrogen-bond donors (Lipinski definition) is 0. The lowest BCUT2D eigenvalue weighted by atomic mass is 9.98. The van der Waals surface area contributed by atoms with Crippen molar-refractivity contribution in [3.8, 4) is 5.75 Å². The summed E-state index contributed by atoms with van der Waals surface area (Å²) in [4.78, 5) is 6.51. The van der Waals surface area contributed by atoms with Gasteiger partial charge in [0.1, 0.15) is 16.5 Å². The average Bonchev–Trinajstić information content (AvgIpc) is 2.73. The topological polar surface area (TPSA) is 59.5 Å². The Labute approximate surface area is 170 Å². The van der Waals surface area contributed by atoms with Crippen LogP contribution in [0, 0.1) is 11.7 Å². The molecule has 29 heavy (non-hydrogen) atoms. The van der Waals surface area contributed by atoms with Gasteiger partial charge in [0.2, 0.25) is 9.84 Å². The third kappa shape index (κ3) is 3.67. The lowest BCUT2D eigenvalue weighted by Crippen LogP contribution is -2.34. The molecule has 0 N–H and O–H groups in total. The zero-order valence-electron chi connectivity index (χ0n) is 16.4. The first-order valence-electron chi connectivity index (χ1n) is 9.62. The molecule has 1 aliphatic rings. The summed E-state index contributed by atoms with van der Waals surface area (Å²) in [5.74, 6) is 0.637. The first-order chi connectivity index (χ1) is 13.9. The van der Waals surface area contributed by atoms with E-state index in [1.54, 1.807) is 13.2 Å². The van der Waals surface area contributed by atoms with Gasteiger partial charge in [-0.2, -0.15) is 0 Å². The average molecular weight is 415 g/mol. The van der Waals surface area contributed by atoms with E-state index in [0.29, 0.717) is 22.9 Å². The van der Waals surface area contributed by atoms with Crippen LogP contribution in [0.3, 0.4) is 0 Å². The van der Waals surface area contributed by atoms with Crippen LogP contribution in [-0.4, -0.2) is 33.6 Å². The van der Waals surface area contributed by atoms with E-state index in [1.807, 2.05) is 12.1 Å². The molecule has 5 nitrogen and oxygen atoms in total. The summed E-state index contributed by atoms with van der Waals surface area (Å²) >= 11 is 0. The van der Waals surface area contributed by atoms with Crippen LogP contribution in [0.5, 0.6) is 5.75 Å². The van der Waals surface area contributed by atoms with Crippen molar-refractivity contribution < 1.29 is 17.5 Å². The van der Waals surface area contributed by atoms with Gasteiger partial charge in [-0.3, -0.25) is 4.98 Å². The lowest BCUT2D eigenvalue weighted by Gasteiger charge is -2.34. The van der Waals surface area contributed by atoms with E-state index in [-0.39, 0.29) is 9.79 Å². The number of methoxy groups -OCH3 is 1. The summed E-state index contributed by atoms with van der Waals surface area (Å²) in [7, 11) is -2.38. The van der Waals surface area contributed by atoms with Gasteiger partial charge in [0, 0.05) is 24.7 Å². The van der Waals surface area contributed by atoms with Crippen molar-refractivity contribution in [2.24, 2.45) is 5.92 Å². The van der Waals surface area contributed by atoms with E-state index in [2.05, 4.69) is 16.8 Å². The number of halogens is 1. The molecule has 0 amide bonds. The number of pyridine rings is 1. The first-order valence-corrected chi connectivity index (χ1v) is 11.1. The second kappa shape index (κ2) is 7.63. The molecular formula is C22H23FN2O3S. The van der Waals surface area contributed by atoms with Crippen molar-refractivity contribution in [3.63, 3.8) is 0 Å². The second-order valence-electron chi connectivity index (χ2n) is 7.48. The normalized spacial score (nSPS) is 15.6. The fraction of sp³-hybridized carbons (Fsp3) is 0.318. The number of nitrogens with zero attached hydrogens (tertiary/aromatic N) is 2. The van der Waals surface area contributed by atoms with E-state index in [9.17, 15) is 12.8 Å². The third-order valence-corrected chi connectivity index (χ3v) is 7.26. The summed E-state index contributed by atoms with van der Waals surface area (Å²) in [6, 6.07) is 10.5. The Kier molecular flexibility index (Phi) is 5.17. The Balaban J connectivity index is 1.97. The SMILES string of the molecule is COc1ccc2ncc(S(=O)(=O)c3cccc(F)c3)c(N3CCC(C)CC3)c2c1. The van der Waals surface area contributed by atoms with Crippen LogP contribution in [0.1, 0.15) is 19.8 Å². The summed E-state index contributed by atoms with van der Waals surface area (Å²) in [5.41, 5.74) is 1.31. The molecule has 2 aromatic carbocycles. The van der Waals surface area contributed by atoms with E-state index < -0.39 is 15.7 Å². The van der Waals surface area contributed by atoms with Crippen LogP contribution in [-0.2, 0) is 9.84 Å². The molecule has 7 heteroatoms. The molecule has 0 unspecified atom stereocenters. The van der Waals surface area contributed by atoms with Crippen molar-refractivity contribution in [2.75, 3.05) is 25.1 Å². The number of ether oxygens (including phenoxy) is 1. The van der Waals surface area contributed by atoms with Gasteiger partial charge in [0.15, 0.2) is 0 Å². The molecule has 2 heterocycles. The molecule has 0 bridgehead atoms. The van der Waals surface area contributed by atoms with E-state index in [4.69, 9.17) is 4.74 Å². The molecule has 1 saturated heterocycles. The van der Waals surface area contributed by atoms with Crippen LogP contribution in [0.15, 0.2) is 58.5 Å². The van der Waals surface area contributed by atoms with Gasteiger partial charge in [-0.1, -0.05) is 13.0 Å². The van der Waals surface area contributed by atoms with Crippen molar-refractivity contribution >= 4 is 26.4 Å². The number of benzene rings is 2. The molecule has 1 aromatic heterocycles. The highest BCUT2D eigenvalue weighted by Gasteiger charge is 2.29. The van der Waals surface area contributed by atoms with Crippen LogP contribution in [0.25, 0.3) is 10.9 Å². The summed E-state index contributed by atoms with van der Waals surface area (Å²) in [6.45, 7) is 3.71. The van der Waals surface area contributed by atoms with Gasteiger partial charge in [0.05, 0.1) is 23.2 Å². The Morgan fingerprint density at radius 3 is 2.59 bits per heavy atom.